The van der Waals surface area contributed by atoms with E-state index < -0.39 is 0 Å². The molecule has 1 unspecified atom stereocenters. The zero-order valence-electron chi connectivity index (χ0n) is 9.76. The third-order valence-electron chi connectivity index (χ3n) is 2.39. The van der Waals surface area contributed by atoms with E-state index in [-0.39, 0.29) is 17.5 Å². The van der Waals surface area contributed by atoms with Crippen molar-refractivity contribution >= 4 is 5.91 Å². The van der Waals surface area contributed by atoms with Crippen LogP contribution < -0.4 is 5.32 Å². The quantitative estimate of drug-likeness (QED) is 0.747. The minimum absolute atomic E-state index is 0.188. The third-order valence-corrected chi connectivity index (χ3v) is 2.39. The van der Waals surface area contributed by atoms with Crippen molar-refractivity contribution in [3.05, 3.63) is 0 Å². The molecule has 1 atom stereocenters. The number of carbonyl (C=O) groups is 1. The van der Waals surface area contributed by atoms with Gasteiger partial charge in [-0.3, -0.25) is 10.1 Å². The van der Waals surface area contributed by atoms with E-state index >= 15 is 0 Å². The molecule has 0 spiro atoms. The lowest BCUT2D eigenvalue weighted by Gasteiger charge is -2.30. The topological polar surface area (TPSA) is 32.3 Å². The van der Waals surface area contributed by atoms with Crippen LogP contribution in [0.1, 0.15) is 40.5 Å². The van der Waals surface area contributed by atoms with Gasteiger partial charge in [-0.15, -0.1) is 0 Å². The number of rotatable bonds is 3. The summed E-state index contributed by atoms with van der Waals surface area (Å²) in [4.78, 5) is 13.6. The zero-order chi connectivity index (χ0) is 10.8. The molecule has 1 rings (SSSR count). The number of carbonyl (C=O) groups excluding carboxylic acids is 1. The summed E-state index contributed by atoms with van der Waals surface area (Å²) in [5.41, 5.74) is 0.188. The van der Waals surface area contributed by atoms with Crippen LogP contribution >= 0.6 is 0 Å². The summed E-state index contributed by atoms with van der Waals surface area (Å²) < 4.78 is 0. The first kappa shape index (κ1) is 11.5. The van der Waals surface area contributed by atoms with Crippen molar-refractivity contribution in [3.8, 4) is 0 Å². The van der Waals surface area contributed by atoms with Gasteiger partial charge in [-0.05, 0) is 11.8 Å². The molecule has 1 N–H and O–H groups in total. The van der Waals surface area contributed by atoms with Crippen LogP contribution in [0.5, 0.6) is 0 Å². The minimum atomic E-state index is 0.188. The summed E-state index contributed by atoms with van der Waals surface area (Å²) >= 11 is 0. The molecule has 0 saturated carbocycles. The van der Waals surface area contributed by atoms with Gasteiger partial charge >= 0.3 is 0 Å². The Bertz CT molecular complexity index is 208. The number of nitrogens with one attached hydrogen (secondary N) is 1. The highest BCUT2D eigenvalue weighted by molar-refractivity contribution is 5.80. The molecule has 3 nitrogen and oxygen atoms in total. The lowest BCUT2D eigenvalue weighted by Crippen LogP contribution is -2.42. The molecule has 3 heteroatoms. The largest absolute Gasteiger partial charge is 0.326 e. The Labute approximate surface area is 86.9 Å². The molecule has 0 aromatic heterocycles. The van der Waals surface area contributed by atoms with Crippen LogP contribution in [-0.2, 0) is 4.79 Å². The van der Waals surface area contributed by atoms with Crippen molar-refractivity contribution in [2.45, 2.75) is 46.7 Å². The Morgan fingerprint density at radius 3 is 2.64 bits per heavy atom. The SMILES string of the molecule is CCCC1NCC(=O)N1CC(C)(C)C. The Morgan fingerprint density at radius 2 is 2.14 bits per heavy atom. The number of amides is 1. The summed E-state index contributed by atoms with van der Waals surface area (Å²) in [5.74, 6) is 0.248. The Hall–Kier alpha value is -0.570. The number of hydrogen-bond acceptors (Lipinski definition) is 2. The highest BCUT2D eigenvalue weighted by Crippen LogP contribution is 2.20. The lowest BCUT2D eigenvalue weighted by molar-refractivity contribution is -0.129. The van der Waals surface area contributed by atoms with E-state index in [0.717, 1.165) is 19.4 Å². The van der Waals surface area contributed by atoms with Crippen molar-refractivity contribution < 1.29 is 4.79 Å². The van der Waals surface area contributed by atoms with Crippen LogP contribution in [0.2, 0.25) is 0 Å². The predicted molar refractivity (Wildman–Crippen MR) is 57.9 cm³/mol. The maximum atomic E-state index is 11.6. The highest BCUT2D eigenvalue weighted by atomic mass is 16.2. The fourth-order valence-electron chi connectivity index (χ4n) is 1.83. The van der Waals surface area contributed by atoms with Gasteiger partial charge in [-0.25, -0.2) is 0 Å². The van der Waals surface area contributed by atoms with E-state index in [1.807, 2.05) is 4.90 Å². The molecular weight excluding hydrogens is 176 g/mol. The highest BCUT2D eigenvalue weighted by Gasteiger charge is 2.32. The second-order valence-electron chi connectivity index (χ2n) is 5.27. The normalized spacial score (nSPS) is 23.3. The number of nitrogens with zero attached hydrogens (tertiary/aromatic N) is 1. The first-order valence-electron chi connectivity index (χ1n) is 5.47. The molecule has 82 valence electrons. The molecule has 0 bridgehead atoms. The van der Waals surface area contributed by atoms with Gasteiger partial charge in [-0.2, -0.15) is 0 Å². The molecule has 1 aliphatic rings. The standard InChI is InChI=1S/C11H22N2O/c1-5-6-9-12-7-10(14)13(9)8-11(2,3)4/h9,12H,5-8H2,1-4H3. The fourth-order valence-corrected chi connectivity index (χ4v) is 1.83. The van der Waals surface area contributed by atoms with Gasteiger partial charge in [0.15, 0.2) is 0 Å². The molecular formula is C11H22N2O. The monoisotopic (exact) mass is 198 g/mol. The van der Waals surface area contributed by atoms with E-state index in [1.165, 1.54) is 0 Å². The first-order chi connectivity index (χ1) is 6.44. The third kappa shape index (κ3) is 2.98. The van der Waals surface area contributed by atoms with Crippen molar-refractivity contribution in [2.75, 3.05) is 13.1 Å². The maximum Gasteiger partial charge on any atom is 0.237 e. The van der Waals surface area contributed by atoms with Crippen LogP contribution in [-0.4, -0.2) is 30.1 Å². The Balaban J connectivity index is 2.58. The molecule has 0 aromatic rings. The average molecular weight is 198 g/mol. The van der Waals surface area contributed by atoms with Gasteiger partial charge in [0, 0.05) is 6.54 Å². The Kier molecular flexibility index (Phi) is 3.53. The molecule has 0 radical (unpaired) electrons. The van der Waals surface area contributed by atoms with Gasteiger partial charge in [0.2, 0.25) is 5.91 Å². The van der Waals surface area contributed by atoms with Gasteiger partial charge in [-0.1, -0.05) is 34.1 Å². The predicted octanol–water partition coefficient (Wildman–Crippen LogP) is 1.59. The first-order valence-corrected chi connectivity index (χ1v) is 5.47. The van der Waals surface area contributed by atoms with Gasteiger partial charge in [0.25, 0.3) is 0 Å². The van der Waals surface area contributed by atoms with Crippen LogP contribution in [0.3, 0.4) is 0 Å². The molecule has 0 aliphatic carbocycles. The fraction of sp³-hybridized carbons (Fsp3) is 0.909. The van der Waals surface area contributed by atoms with Crippen LogP contribution in [0, 0.1) is 5.41 Å². The second kappa shape index (κ2) is 4.30. The van der Waals surface area contributed by atoms with E-state index in [0.29, 0.717) is 6.54 Å². The molecule has 1 aliphatic heterocycles. The lowest BCUT2D eigenvalue weighted by atomic mass is 9.96. The summed E-state index contributed by atoms with van der Waals surface area (Å²) in [5, 5.41) is 3.26. The van der Waals surface area contributed by atoms with Crippen molar-refractivity contribution in [1.82, 2.24) is 10.2 Å². The van der Waals surface area contributed by atoms with E-state index in [9.17, 15) is 4.79 Å². The van der Waals surface area contributed by atoms with Crippen LogP contribution in [0.15, 0.2) is 0 Å². The summed E-state index contributed by atoms with van der Waals surface area (Å²) in [7, 11) is 0. The minimum Gasteiger partial charge on any atom is -0.326 e. The maximum absolute atomic E-state index is 11.6. The molecule has 1 saturated heterocycles. The smallest absolute Gasteiger partial charge is 0.237 e. The van der Waals surface area contributed by atoms with Gasteiger partial charge in [0.1, 0.15) is 0 Å². The van der Waals surface area contributed by atoms with Crippen molar-refractivity contribution in [3.63, 3.8) is 0 Å². The average Bonchev–Trinajstić information content (AvgIpc) is 2.34. The zero-order valence-corrected chi connectivity index (χ0v) is 9.76. The van der Waals surface area contributed by atoms with Crippen LogP contribution in [0.4, 0.5) is 0 Å². The van der Waals surface area contributed by atoms with Gasteiger partial charge in [0.05, 0.1) is 12.7 Å². The molecule has 14 heavy (non-hydrogen) atoms. The van der Waals surface area contributed by atoms with Gasteiger partial charge < -0.3 is 4.90 Å². The number of hydrogen-bond donors (Lipinski definition) is 1. The summed E-state index contributed by atoms with van der Waals surface area (Å²) in [6, 6.07) is 0. The summed E-state index contributed by atoms with van der Waals surface area (Å²) in [6.45, 7) is 10.0. The van der Waals surface area contributed by atoms with E-state index in [2.05, 4.69) is 33.0 Å². The molecule has 1 fully saturated rings. The molecule has 1 heterocycles. The van der Waals surface area contributed by atoms with Crippen LogP contribution in [0.25, 0.3) is 0 Å². The molecule has 1 amide bonds. The second-order valence-corrected chi connectivity index (χ2v) is 5.27. The van der Waals surface area contributed by atoms with Crippen molar-refractivity contribution in [1.29, 1.82) is 0 Å². The Morgan fingerprint density at radius 1 is 1.50 bits per heavy atom. The van der Waals surface area contributed by atoms with E-state index in [4.69, 9.17) is 0 Å². The van der Waals surface area contributed by atoms with Crippen molar-refractivity contribution in [2.24, 2.45) is 5.41 Å². The molecule has 0 aromatic carbocycles. The van der Waals surface area contributed by atoms with E-state index in [1.54, 1.807) is 0 Å². The summed E-state index contributed by atoms with van der Waals surface area (Å²) in [6.07, 6.45) is 2.44.